The molecule has 1 N–H and O–H groups in total. The van der Waals surface area contributed by atoms with E-state index in [0.29, 0.717) is 45.8 Å². The fraction of sp³-hybridized carbons (Fsp3) is 0.500. The Morgan fingerprint density at radius 3 is 2.80 bits per heavy atom. The lowest BCUT2D eigenvalue weighted by atomic mass is 10.2. The van der Waals surface area contributed by atoms with E-state index in [4.69, 9.17) is 4.74 Å². The third-order valence-corrected chi connectivity index (χ3v) is 3.59. The van der Waals surface area contributed by atoms with Crippen molar-refractivity contribution in [2.24, 2.45) is 0 Å². The van der Waals surface area contributed by atoms with Crippen molar-refractivity contribution < 1.29 is 13.9 Å². The van der Waals surface area contributed by atoms with Gasteiger partial charge in [-0.15, -0.1) is 0 Å². The van der Waals surface area contributed by atoms with Crippen LogP contribution >= 0.6 is 15.9 Å². The Bertz CT molecular complexity index is 444. The monoisotopic (exact) mass is 344 g/mol. The van der Waals surface area contributed by atoms with Crippen molar-refractivity contribution in [1.29, 1.82) is 0 Å². The van der Waals surface area contributed by atoms with Gasteiger partial charge in [-0.05, 0) is 23.8 Å². The Labute approximate surface area is 126 Å². The van der Waals surface area contributed by atoms with Crippen LogP contribution in [0.4, 0.5) is 4.39 Å². The van der Waals surface area contributed by atoms with E-state index in [0.717, 1.165) is 10.0 Å². The third-order valence-electron chi connectivity index (χ3n) is 3.13. The molecule has 1 amide bonds. The van der Waals surface area contributed by atoms with Crippen LogP contribution in [-0.2, 0) is 16.1 Å². The van der Waals surface area contributed by atoms with Gasteiger partial charge < -0.3 is 15.0 Å². The first kappa shape index (κ1) is 15.4. The van der Waals surface area contributed by atoms with Crippen LogP contribution in [-0.4, -0.2) is 43.7 Å². The molecule has 110 valence electrons. The molecule has 2 rings (SSSR count). The lowest BCUT2D eigenvalue weighted by molar-refractivity contribution is -0.135. The van der Waals surface area contributed by atoms with Crippen LogP contribution in [0.1, 0.15) is 12.0 Å². The van der Waals surface area contributed by atoms with Crippen molar-refractivity contribution in [3.8, 4) is 0 Å². The van der Waals surface area contributed by atoms with Crippen LogP contribution in [0.25, 0.3) is 0 Å². The minimum Gasteiger partial charge on any atom is -0.378 e. The zero-order valence-electron chi connectivity index (χ0n) is 11.2. The molecule has 4 nitrogen and oxygen atoms in total. The quantitative estimate of drug-likeness (QED) is 0.830. The maximum Gasteiger partial charge on any atom is 0.224 e. The zero-order valence-corrected chi connectivity index (χ0v) is 12.8. The summed E-state index contributed by atoms with van der Waals surface area (Å²) in [4.78, 5) is 13.7. The number of morpholine rings is 1. The normalized spacial score (nSPS) is 15.4. The highest BCUT2D eigenvalue weighted by atomic mass is 79.9. The largest absolute Gasteiger partial charge is 0.378 e. The van der Waals surface area contributed by atoms with E-state index >= 15 is 0 Å². The predicted octanol–water partition coefficient (Wildman–Crippen LogP) is 1.93. The number of hydrogen-bond donors (Lipinski definition) is 1. The van der Waals surface area contributed by atoms with Crippen LogP contribution in [0.15, 0.2) is 22.7 Å². The molecule has 0 bridgehead atoms. The topological polar surface area (TPSA) is 41.6 Å². The highest BCUT2D eigenvalue weighted by Crippen LogP contribution is 2.14. The fourth-order valence-corrected chi connectivity index (χ4v) is 2.62. The molecule has 1 aliphatic heterocycles. The Kier molecular flexibility index (Phi) is 5.94. The lowest BCUT2D eigenvalue weighted by Gasteiger charge is -2.26. The summed E-state index contributed by atoms with van der Waals surface area (Å²) in [7, 11) is 0. The van der Waals surface area contributed by atoms with Gasteiger partial charge in [-0.1, -0.05) is 15.9 Å². The van der Waals surface area contributed by atoms with Crippen molar-refractivity contribution in [2.75, 3.05) is 32.8 Å². The molecule has 1 heterocycles. The summed E-state index contributed by atoms with van der Waals surface area (Å²) in [5.74, 6) is -0.123. The lowest BCUT2D eigenvalue weighted by Crippen LogP contribution is -2.41. The molecule has 0 aromatic heterocycles. The second-order valence-corrected chi connectivity index (χ2v) is 5.61. The van der Waals surface area contributed by atoms with Gasteiger partial charge in [-0.3, -0.25) is 4.79 Å². The van der Waals surface area contributed by atoms with Gasteiger partial charge in [0.2, 0.25) is 5.91 Å². The Balaban J connectivity index is 1.69. The predicted molar refractivity (Wildman–Crippen MR) is 77.8 cm³/mol. The van der Waals surface area contributed by atoms with Gasteiger partial charge in [0, 0.05) is 37.1 Å². The molecule has 0 aliphatic carbocycles. The fourth-order valence-electron chi connectivity index (χ4n) is 2.11. The molecule has 1 fully saturated rings. The standard InChI is InChI=1S/C14H18BrFN2O2/c15-12-7-11(8-13(16)9-12)10-17-2-1-14(19)18-3-5-20-6-4-18/h7-9,17H,1-6,10H2. The molecule has 0 spiro atoms. The summed E-state index contributed by atoms with van der Waals surface area (Å²) in [5.41, 5.74) is 0.857. The average molecular weight is 345 g/mol. The van der Waals surface area contributed by atoms with Crippen molar-refractivity contribution in [3.05, 3.63) is 34.1 Å². The van der Waals surface area contributed by atoms with Gasteiger partial charge in [0.05, 0.1) is 13.2 Å². The van der Waals surface area contributed by atoms with Gasteiger partial charge in [-0.2, -0.15) is 0 Å². The van der Waals surface area contributed by atoms with Gasteiger partial charge in [-0.25, -0.2) is 4.39 Å². The molecule has 0 atom stereocenters. The first-order chi connectivity index (χ1) is 9.65. The van der Waals surface area contributed by atoms with Gasteiger partial charge in [0.1, 0.15) is 5.82 Å². The number of amides is 1. The van der Waals surface area contributed by atoms with Crippen LogP contribution in [0.2, 0.25) is 0 Å². The maximum absolute atomic E-state index is 13.2. The van der Waals surface area contributed by atoms with Gasteiger partial charge in [0.25, 0.3) is 0 Å². The summed E-state index contributed by atoms with van der Waals surface area (Å²) in [6, 6.07) is 4.77. The van der Waals surface area contributed by atoms with Crippen molar-refractivity contribution >= 4 is 21.8 Å². The molecule has 1 aliphatic rings. The van der Waals surface area contributed by atoms with E-state index in [1.165, 1.54) is 12.1 Å². The summed E-state index contributed by atoms with van der Waals surface area (Å²) in [6.45, 7) is 3.73. The molecule has 0 unspecified atom stereocenters. The number of benzene rings is 1. The second-order valence-electron chi connectivity index (χ2n) is 4.70. The van der Waals surface area contributed by atoms with E-state index in [9.17, 15) is 9.18 Å². The number of ether oxygens (including phenoxy) is 1. The molecule has 1 saturated heterocycles. The minimum absolute atomic E-state index is 0.140. The molecule has 0 saturated carbocycles. The summed E-state index contributed by atoms with van der Waals surface area (Å²) >= 11 is 3.26. The molecule has 1 aromatic rings. The van der Waals surface area contributed by atoms with Crippen LogP contribution in [0.5, 0.6) is 0 Å². The van der Waals surface area contributed by atoms with E-state index in [1.54, 1.807) is 0 Å². The Morgan fingerprint density at radius 2 is 2.10 bits per heavy atom. The van der Waals surface area contributed by atoms with Crippen molar-refractivity contribution in [2.45, 2.75) is 13.0 Å². The SMILES string of the molecule is O=C(CCNCc1cc(F)cc(Br)c1)N1CCOCC1. The molecular formula is C14H18BrFN2O2. The number of carbonyl (C=O) groups excluding carboxylic acids is 1. The summed E-state index contributed by atoms with van der Waals surface area (Å²) in [5, 5.41) is 3.16. The number of rotatable bonds is 5. The van der Waals surface area contributed by atoms with Crippen LogP contribution in [0.3, 0.4) is 0 Å². The second kappa shape index (κ2) is 7.71. The van der Waals surface area contributed by atoms with E-state index < -0.39 is 0 Å². The van der Waals surface area contributed by atoms with E-state index in [1.807, 2.05) is 11.0 Å². The van der Waals surface area contributed by atoms with Crippen molar-refractivity contribution in [3.63, 3.8) is 0 Å². The number of nitrogens with one attached hydrogen (secondary N) is 1. The van der Waals surface area contributed by atoms with Gasteiger partial charge >= 0.3 is 0 Å². The van der Waals surface area contributed by atoms with E-state index in [2.05, 4.69) is 21.2 Å². The van der Waals surface area contributed by atoms with Crippen LogP contribution < -0.4 is 5.32 Å². The third kappa shape index (κ3) is 4.85. The molecule has 20 heavy (non-hydrogen) atoms. The van der Waals surface area contributed by atoms with Gasteiger partial charge in [0.15, 0.2) is 0 Å². The molecule has 1 aromatic carbocycles. The minimum atomic E-state index is -0.263. The maximum atomic E-state index is 13.2. The number of carbonyl (C=O) groups is 1. The summed E-state index contributed by atoms with van der Waals surface area (Å²) < 4.78 is 19.1. The molecular weight excluding hydrogens is 327 g/mol. The van der Waals surface area contributed by atoms with E-state index in [-0.39, 0.29) is 11.7 Å². The zero-order chi connectivity index (χ0) is 14.4. The number of nitrogens with zero attached hydrogens (tertiary/aromatic N) is 1. The first-order valence-electron chi connectivity index (χ1n) is 6.66. The highest BCUT2D eigenvalue weighted by molar-refractivity contribution is 9.10. The highest BCUT2D eigenvalue weighted by Gasteiger charge is 2.15. The van der Waals surface area contributed by atoms with Crippen molar-refractivity contribution in [1.82, 2.24) is 10.2 Å². The Morgan fingerprint density at radius 1 is 1.35 bits per heavy atom. The first-order valence-corrected chi connectivity index (χ1v) is 7.45. The average Bonchev–Trinajstić information content (AvgIpc) is 2.43. The number of hydrogen-bond acceptors (Lipinski definition) is 3. The molecule has 0 radical (unpaired) electrons. The van der Waals surface area contributed by atoms with Crippen LogP contribution in [0, 0.1) is 5.82 Å². The molecule has 6 heteroatoms. The number of halogens is 2. The Hall–Kier alpha value is -0.980. The smallest absolute Gasteiger partial charge is 0.224 e. The summed E-state index contributed by atoms with van der Waals surface area (Å²) in [6.07, 6.45) is 0.455.